The zero-order valence-electron chi connectivity index (χ0n) is 78.0. The first kappa shape index (κ1) is 99.1. The number of hydrogen-bond acceptors (Lipinski definition) is 14. The van der Waals surface area contributed by atoms with E-state index in [1.807, 2.05) is 123 Å². The van der Waals surface area contributed by atoms with Gasteiger partial charge in [0.15, 0.2) is 0 Å². The normalized spacial score (nSPS) is 21.3. The third-order valence-corrected chi connectivity index (χ3v) is 42.8. The van der Waals surface area contributed by atoms with Crippen molar-refractivity contribution < 1.29 is 55.0 Å². The monoisotopic (exact) mass is 1870 g/mol. The Labute approximate surface area is 787 Å². The minimum absolute atomic E-state index is 0.122. The molecule has 2 amide bonds. The molecule has 12 atom stereocenters. The van der Waals surface area contributed by atoms with Crippen molar-refractivity contribution in [1.29, 1.82) is 0 Å². The topological polar surface area (TPSA) is 210 Å². The van der Waals surface area contributed by atoms with E-state index >= 15 is 0 Å². The van der Waals surface area contributed by atoms with Gasteiger partial charge >= 0.3 is 0 Å². The smallest absolute Gasteiger partial charge is 0.264 e. The fourth-order valence-corrected chi connectivity index (χ4v) is 34.3. The van der Waals surface area contributed by atoms with Gasteiger partial charge in [0.05, 0.1) is 47.3 Å². The Hall–Kier alpha value is -8.39. The summed E-state index contributed by atoms with van der Waals surface area (Å²) in [4.78, 5) is 33.3. The molecule has 2 heterocycles. The van der Waals surface area contributed by atoms with E-state index in [-0.39, 0.29) is 81.4 Å². The molecule has 2 saturated carbocycles. The number of aliphatic hydroxyl groups excluding tert-OH is 2. The summed E-state index contributed by atoms with van der Waals surface area (Å²) in [5.41, 5.74) is 6.27. The summed E-state index contributed by atoms with van der Waals surface area (Å²) >= 11 is 13.0. The number of aryl methyl sites for hydroxylation is 2. The van der Waals surface area contributed by atoms with Crippen LogP contribution < -0.4 is 49.5 Å². The third-order valence-electron chi connectivity index (χ3n) is 28.4. The maximum absolute atomic E-state index is 14.5. The highest BCUT2D eigenvalue weighted by atomic mass is 35.5. The van der Waals surface area contributed by atoms with Gasteiger partial charge in [-0.15, -0.1) is 13.2 Å². The number of nitrogens with zero attached hydrogens (tertiary/aromatic N) is 2. The maximum Gasteiger partial charge on any atom is 0.264 e. The van der Waals surface area contributed by atoms with Crippen LogP contribution in [0.15, 0.2) is 244 Å². The molecule has 16 nitrogen and oxygen atoms in total. The molecule has 8 aromatic carbocycles. The Bertz CT molecular complexity index is 5070. The van der Waals surface area contributed by atoms with Crippen LogP contribution in [0.5, 0.6) is 11.5 Å². The summed E-state index contributed by atoms with van der Waals surface area (Å²) in [6, 6.07) is 64.2. The van der Waals surface area contributed by atoms with Crippen LogP contribution in [0.1, 0.15) is 228 Å². The first-order chi connectivity index (χ1) is 62.2. The summed E-state index contributed by atoms with van der Waals surface area (Å²) in [6.07, 6.45) is 24.9. The SMILES string of the molecule is C=CCC[C@@H](C[C@H](C)O[Si](c1ccccc1)(c1ccccc1)C(C)(C)C)S(=O)(=O)NC(=O)c1ccc2c(c1)N(C[C@@H]1CC[C@H]1[C@@H](O)/C=C/CCC)C[C@@]1(CCCc3cc(Cl)ccc31)CO2.C=CCC[C@H](C[C@H](C)O[Si](c1ccccc1)(c1ccccc1)C(C)(C)C)S(=O)(=O)NC(=O)c1ccc2c(c1)N(C[C@@H]1CC[C@H]1[C@@H](O)/C=C/CCC)C[C@@]1(CCCc3cc(Cl)ccc31)CO2. The van der Waals surface area contributed by atoms with Crippen LogP contribution in [0.3, 0.4) is 0 Å². The van der Waals surface area contributed by atoms with Gasteiger partial charge in [0.25, 0.3) is 28.4 Å². The first-order valence-corrected chi connectivity index (χ1v) is 55.1. The lowest BCUT2D eigenvalue weighted by Gasteiger charge is -2.45. The van der Waals surface area contributed by atoms with Crippen molar-refractivity contribution in [1.82, 2.24) is 9.44 Å². The zero-order valence-corrected chi connectivity index (χ0v) is 83.1. The van der Waals surface area contributed by atoms with Crippen LogP contribution in [0.2, 0.25) is 20.1 Å². The second-order valence-corrected chi connectivity index (χ2v) is 52.9. The average molecular weight is 1880 g/mol. The molecular weight excluding hydrogens is 1740 g/mol. The quantitative estimate of drug-likeness (QED) is 0.0213. The summed E-state index contributed by atoms with van der Waals surface area (Å²) in [5.74, 6) is 0.623. The molecule has 6 aliphatic rings. The second kappa shape index (κ2) is 43.3. The number of halogens is 2. The Morgan fingerprint density at radius 1 is 0.515 bits per heavy atom. The zero-order chi connectivity index (χ0) is 92.8. The molecule has 4 N–H and O–H groups in total. The van der Waals surface area contributed by atoms with E-state index < -0.39 is 83.4 Å². The first-order valence-electron chi connectivity index (χ1n) is 47.4. The van der Waals surface area contributed by atoms with E-state index in [9.17, 15) is 36.6 Å². The highest BCUT2D eigenvalue weighted by Gasteiger charge is 2.54. The number of sulfonamides is 2. The van der Waals surface area contributed by atoms with Crippen LogP contribution >= 0.6 is 23.2 Å². The molecule has 2 aliphatic heterocycles. The second-order valence-electron chi connectivity index (χ2n) is 39.6. The number of unbranched alkanes of at least 4 members (excludes halogenated alkanes) is 2. The van der Waals surface area contributed by atoms with Gasteiger partial charge in [0.2, 0.25) is 20.0 Å². The third kappa shape index (κ3) is 22.5. The van der Waals surface area contributed by atoms with Crippen molar-refractivity contribution in [3.8, 4) is 11.5 Å². The molecule has 0 unspecified atom stereocenters. The number of fused-ring (bicyclic) bond motifs is 6. The predicted molar refractivity (Wildman–Crippen MR) is 538 cm³/mol. The molecule has 4 aliphatic carbocycles. The molecular formula is C108H138Cl2N4O12S2Si2. The number of amides is 2. The van der Waals surface area contributed by atoms with Crippen molar-refractivity contribution in [2.75, 3.05) is 49.2 Å². The van der Waals surface area contributed by atoms with Crippen molar-refractivity contribution in [2.24, 2.45) is 23.7 Å². The summed E-state index contributed by atoms with van der Waals surface area (Å²) in [5, 5.41) is 26.0. The van der Waals surface area contributed by atoms with Gasteiger partial charge in [0, 0.05) is 70.4 Å². The lowest BCUT2D eigenvalue weighted by atomic mass is 9.68. The van der Waals surface area contributed by atoms with E-state index in [0.717, 1.165) is 132 Å². The molecule has 0 aromatic heterocycles. The highest BCUT2D eigenvalue weighted by molar-refractivity contribution is 7.91. The number of carbonyl (C=O) groups is 2. The Balaban J connectivity index is 0.000000222. The number of aliphatic hydroxyl groups is 2. The molecule has 0 saturated heterocycles. The largest absolute Gasteiger partial charge is 0.490 e. The predicted octanol–water partition coefficient (Wildman–Crippen LogP) is 20.6. The molecule has 0 bridgehead atoms. The van der Waals surface area contributed by atoms with Gasteiger partial charge in [0.1, 0.15) is 11.5 Å². The maximum atomic E-state index is 14.5. The highest BCUT2D eigenvalue weighted by Crippen LogP contribution is 2.51. The Morgan fingerprint density at radius 3 is 1.18 bits per heavy atom. The average Bonchev–Trinajstić information content (AvgIpc) is 0.884. The van der Waals surface area contributed by atoms with Gasteiger partial charge in [-0.1, -0.05) is 261 Å². The number of nitrogens with one attached hydrogen (secondary N) is 2. The van der Waals surface area contributed by atoms with Crippen LogP contribution in [0.4, 0.5) is 11.4 Å². The lowest BCUT2D eigenvalue weighted by molar-refractivity contribution is 0.0454. The van der Waals surface area contributed by atoms with E-state index in [4.69, 9.17) is 41.5 Å². The number of anilines is 2. The molecule has 2 spiro atoms. The number of rotatable bonds is 36. The number of carbonyl (C=O) groups excluding carboxylic acids is 2. The van der Waals surface area contributed by atoms with Crippen molar-refractivity contribution >= 4 is 104 Å². The van der Waals surface area contributed by atoms with Gasteiger partial charge in [-0.05, 0) is 267 Å². The van der Waals surface area contributed by atoms with Crippen LogP contribution in [0, 0.1) is 23.7 Å². The van der Waals surface area contributed by atoms with E-state index in [0.29, 0.717) is 63.7 Å². The number of ether oxygens (including phenoxy) is 2. The summed E-state index contributed by atoms with van der Waals surface area (Å²) in [6.45, 7) is 32.7. The van der Waals surface area contributed by atoms with Gasteiger partial charge in [-0.25, -0.2) is 26.3 Å². The van der Waals surface area contributed by atoms with E-state index in [1.54, 1.807) is 36.4 Å². The minimum Gasteiger partial charge on any atom is -0.490 e. The fraction of sp³-hybridized carbons (Fsp3) is 0.463. The summed E-state index contributed by atoms with van der Waals surface area (Å²) < 4.78 is 91.1. The van der Waals surface area contributed by atoms with Gasteiger partial charge in [-0.3, -0.25) is 9.59 Å². The van der Waals surface area contributed by atoms with Crippen molar-refractivity contribution in [3.63, 3.8) is 0 Å². The molecule has 14 rings (SSSR count). The Kier molecular flexibility index (Phi) is 33.0. The van der Waals surface area contributed by atoms with Gasteiger partial charge < -0.3 is 38.3 Å². The van der Waals surface area contributed by atoms with Crippen molar-refractivity contribution in [3.05, 3.63) is 287 Å². The molecule has 22 heteroatoms. The van der Waals surface area contributed by atoms with E-state index in [1.165, 1.54) is 22.3 Å². The van der Waals surface area contributed by atoms with E-state index in [2.05, 4.69) is 173 Å². The molecule has 130 heavy (non-hydrogen) atoms. The fourth-order valence-electron chi connectivity index (χ4n) is 21.5. The molecule has 2 fully saturated rings. The number of allylic oxidation sites excluding steroid dienone is 4. The minimum atomic E-state index is -4.20. The summed E-state index contributed by atoms with van der Waals surface area (Å²) in [7, 11) is -14.4. The Morgan fingerprint density at radius 2 is 0.869 bits per heavy atom. The standard InChI is InChI=1S/2C54H69ClN2O6SSi/c2*1-7-9-13-25-50(58)47-29-26-42(47)36-57-37-54(32-18-19-40-34-43(55)28-30-48(40)54)38-62-51-31-27-41(35-49(51)57)52(59)56-64(60,61)44(20-10-8-2)33-39(3)63-65(53(4,5)6,45-21-14-11-15-22-45)46-23-16-12-17-24-46/h2*8,11-17,21-25,27-28,30-31,34-35,39,42,44,47,50,58H,2,7,9-10,18-20,26,29,32-33,36-38H2,1,3-6H3,(H,56,59)/b2*25-13+/t39-,42-,44+,47+,50-,54-;39-,42-,44-,47+,50-,54-/m00/s1. The molecule has 0 radical (unpaired) electrons. The van der Waals surface area contributed by atoms with Crippen LogP contribution in [0.25, 0.3) is 0 Å². The molecule has 8 aromatic rings. The van der Waals surface area contributed by atoms with Crippen LogP contribution in [-0.4, -0.2) is 130 Å². The number of hydrogen-bond donors (Lipinski definition) is 4. The van der Waals surface area contributed by atoms with Crippen LogP contribution in [-0.2, 0) is 52.6 Å². The van der Waals surface area contributed by atoms with Crippen molar-refractivity contribution in [2.45, 2.75) is 253 Å². The van der Waals surface area contributed by atoms with Gasteiger partial charge in [-0.2, -0.15) is 0 Å². The lowest BCUT2D eigenvalue weighted by Crippen LogP contribution is -2.67. The molecule has 696 valence electrons. The number of benzene rings is 8.